The number of benzene rings is 2. The molecule has 0 saturated carbocycles. The van der Waals surface area contributed by atoms with E-state index < -0.39 is 33.3 Å². The quantitative estimate of drug-likeness (QED) is 0.148. The number of thioether (sulfide) groups is 1. The molecule has 1 aromatic heterocycles. The minimum absolute atomic E-state index is 0.194. The van der Waals surface area contributed by atoms with Crippen molar-refractivity contribution in [1.82, 2.24) is 4.98 Å². The van der Waals surface area contributed by atoms with E-state index in [0.717, 1.165) is 0 Å². The molecule has 1 unspecified atom stereocenters. The zero-order valence-electron chi connectivity index (χ0n) is 17.2. The Bertz CT molecular complexity index is 1260. The number of carbonyl (C=O) groups excluding carboxylic acids is 2. The van der Waals surface area contributed by atoms with Crippen molar-refractivity contribution in [3.63, 3.8) is 0 Å². The number of halogens is 4. The van der Waals surface area contributed by atoms with Gasteiger partial charge in [0.25, 0.3) is 5.91 Å². The van der Waals surface area contributed by atoms with Gasteiger partial charge >= 0.3 is 5.97 Å². The lowest BCUT2D eigenvalue weighted by Gasteiger charge is -2.16. The van der Waals surface area contributed by atoms with E-state index in [1.54, 1.807) is 35.8 Å². The highest BCUT2D eigenvalue weighted by Crippen LogP contribution is 2.42. The minimum Gasteiger partial charge on any atom is -0.478 e. The van der Waals surface area contributed by atoms with Crippen LogP contribution in [-0.2, 0) is 4.79 Å². The smallest absolute Gasteiger partial charge is 0.338 e. The molecule has 0 spiro atoms. The van der Waals surface area contributed by atoms with Crippen LogP contribution in [-0.4, -0.2) is 33.1 Å². The van der Waals surface area contributed by atoms with Gasteiger partial charge in [0, 0.05) is 22.2 Å². The molecule has 3 rings (SSSR count). The third-order valence-corrected chi connectivity index (χ3v) is 8.25. The topological polar surface area (TPSA) is 108 Å². The molecule has 0 saturated heterocycles. The molecular formula is C21H15Cl4N3O4S2. The summed E-state index contributed by atoms with van der Waals surface area (Å²) in [5.74, 6) is -2.52. The van der Waals surface area contributed by atoms with Crippen LogP contribution < -0.4 is 10.6 Å². The molecule has 34 heavy (non-hydrogen) atoms. The van der Waals surface area contributed by atoms with Crippen LogP contribution in [0.25, 0.3) is 0 Å². The van der Waals surface area contributed by atoms with Crippen molar-refractivity contribution in [1.29, 1.82) is 0 Å². The van der Waals surface area contributed by atoms with Crippen LogP contribution in [0.15, 0.2) is 40.7 Å². The van der Waals surface area contributed by atoms with Crippen molar-refractivity contribution >= 4 is 98.1 Å². The fourth-order valence-corrected chi connectivity index (χ4v) is 5.41. The van der Waals surface area contributed by atoms with Gasteiger partial charge in [-0.05, 0) is 24.6 Å². The average molecular weight is 579 g/mol. The average Bonchev–Trinajstić information content (AvgIpc) is 3.31. The van der Waals surface area contributed by atoms with Crippen molar-refractivity contribution < 1.29 is 19.5 Å². The summed E-state index contributed by atoms with van der Waals surface area (Å²) in [4.78, 5) is 42.0. The Kier molecular flexibility index (Phi) is 9.08. The Morgan fingerprint density at radius 3 is 2.32 bits per heavy atom. The fourth-order valence-electron chi connectivity index (χ4n) is 2.84. The minimum atomic E-state index is -1.49. The molecule has 0 aliphatic rings. The monoisotopic (exact) mass is 577 g/mol. The van der Waals surface area contributed by atoms with Crippen molar-refractivity contribution in [3.05, 3.63) is 67.1 Å². The molecule has 3 N–H and O–H groups in total. The standard InChI is InChI=1S/C21H15Cl4N3O4S2/c1-2-11(18(29)28-21-26-6-7-33-21)34-10-5-3-4-9(8-10)27-19(30)12-13(20(31)32)15(23)17(25)16(24)14(12)22/h3-8,11H,2H2,1H3,(H,27,30)(H,31,32)(H,26,28,29). The van der Waals surface area contributed by atoms with Gasteiger partial charge in [-0.15, -0.1) is 23.1 Å². The largest absolute Gasteiger partial charge is 0.478 e. The van der Waals surface area contributed by atoms with Crippen LogP contribution >= 0.6 is 69.5 Å². The highest BCUT2D eigenvalue weighted by Gasteiger charge is 2.29. The fraction of sp³-hybridized carbons (Fsp3) is 0.143. The normalized spacial score (nSPS) is 11.7. The first-order valence-electron chi connectivity index (χ1n) is 9.51. The van der Waals surface area contributed by atoms with E-state index >= 15 is 0 Å². The van der Waals surface area contributed by atoms with Crippen molar-refractivity contribution in [2.24, 2.45) is 0 Å². The number of aromatic carboxylic acids is 1. The number of hydrogen-bond acceptors (Lipinski definition) is 6. The van der Waals surface area contributed by atoms with Crippen LogP contribution in [0, 0.1) is 0 Å². The number of thiazole rings is 1. The molecule has 2 aromatic carbocycles. The van der Waals surface area contributed by atoms with E-state index in [9.17, 15) is 19.5 Å². The number of rotatable bonds is 8. The maximum absolute atomic E-state index is 13.0. The van der Waals surface area contributed by atoms with Gasteiger partial charge in [-0.2, -0.15) is 0 Å². The Balaban J connectivity index is 1.82. The van der Waals surface area contributed by atoms with Gasteiger partial charge in [-0.25, -0.2) is 9.78 Å². The molecule has 3 aromatic rings. The Morgan fingerprint density at radius 1 is 1.06 bits per heavy atom. The highest BCUT2D eigenvalue weighted by molar-refractivity contribution is 8.00. The summed E-state index contributed by atoms with van der Waals surface area (Å²) >= 11 is 26.7. The summed E-state index contributed by atoms with van der Waals surface area (Å²) in [5, 5.41) is 15.6. The van der Waals surface area contributed by atoms with E-state index in [1.165, 1.54) is 23.1 Å². The molecule has 0 bridgehead atoms. The predicted octanol–water partition coefficient (Wildman–Crippen LogP) is 7.22. The number of nitrogens with one attached hydrogen (secondary N) is 2. The van der Waals surface area contributed by atoms with Gasteiger partial charge in [0.05, 0.1) is 36.5 Å². The lowest BCUT2D eigenvalue weighted by atomic mass is 10.1. The van der Waals surface area contributed by atoms with E-state index in [0.29, 0.717) is 22.1 Å². The van der Waals surface area contributed by atoms with Gasteiger partial charge in [0.2, 0.25) is 5.91 Å². The highest BCUT2D eigenvalue weighted by atomic mass is 35.5. The second kappa shape index (κ2) is 11.6. The summed E-state index contributed by atoms with van der Waals surface area (Å²) in [7, 11) is 0. The molecule has 0 aliphatic carbocycles. The van der Waals surface area contributed by atoms with Crippen molar-refractivity contribution in [2.75, 3.05) is 10.6 Å². The molecule has 0 aliphatic heterocycles. The van der Waals surface area contributed by atoms with Crippen LogP contribution in [0.4, 0.5) is 10.8 Å². The van der Waals surface area contributed by atoms with Crippen molar-refractivity contribution in [2.45, 2.75) is 23.5 Å². The van der Waals surface area contributed by atoms with E-state index in [4.69, 9.17) is 46.4 Å². The summed E-state index contributed by atoms with van der Waals surface area (Å²) in [6.45, 7) is 1.88. The lowest BCUT2D eigenvalue weighted by molar-refractivity contribution is -0.115. The second-order valence-electron chi connectivity index (χ2n) is 6.63. The number of anilines is 2. The van der Waals surface area contributed by atoms with Crippen LogP contribution in [0.5, 0.6) is 0 Å². The van der Waals surface area contributed by atoms with Gasteiger partial charge in [0.1, 0.15) is 0 Å². The first-order valence-corrected chi connectivity index (χ1v) is 12.8. The van der Waals surface area contributed by atoms with Crippen LogP contribution in [0.1, 0.15) is 34.1 Å². The lowest BCUT2D eigenvalue weighted by Crippen LogP contribution is -2.24. The predicted molar refractivity (Wildman–Crippen MR) is 139 cm³/mol. The number of carboxylic acid groups (broad SMARTS) is 1. The Hall–Kier alpha value is -2.01. The number of amides is 2. The molecule has 7 nitrogen and oxygen atoms in total. The number of aromatic nitrogens is 1. The van der Waals surface area contributed by atoms with Gasteiger partial charge < -0.3 is 15.7 Å². The zero-order valence-corrected chi connectivity index (χ0v) is 21.9. The third kappa shape index (κ3) is 5.97. The third-order valence-electron chi connectivity index (χ3n) is 4.40. The summed E-state index contributed by atoms with van der Waals surface area (Å²) < 4.78 is 0. The first kappa shape index (κ1) is 26.6. The number of hydrogen-bond donors (Lipinski definition) is 3. The Labute approximate surface area is 222 Å². The maximum atomic E-state index is 13.0. The van der Waals surface area contributed by atoms with E-state index in [1.807, 2.05) is 6.92 Å². The van der Waals surface area contributed by atoms with E-state index in [2.05, 4.69) is 15.6 Å². The van der Waals surface area contributed by atoms with Crippen LogP contribution in [0.2, 0.25) is 20.1 Å². The molecule has 178 valence electrons. The van der Waals surface area contributed by atoms with Crippen LogP contribution in [0.3, 0.4) is 0 Å². The summed E-state index contributed by atoms with van der Waals surface area (Å²) in [5.41, 5.74) is -0.630. The van der Waals surface area contributed by atoms with Gasteiger partial charge in [0.15, 0.2) is 5.13 Å². The SMILES string of the molecule is CCC(Sc1cccc(NC(=O)c2c(Cl)c(Cl)c(Cl)c(Cl)c2C(=O)O)c1)C(=O)Nc1nccs1. The number of carbonyl (C=O) groups is 3. The summed E-state index contributed by atoms with van der Waals surface area (Å²) in [6, 6.07) is 6.72. The molecule has 0 radical (unpaired) electrons. The second-order valence-corrected chi connectivity index (χ2v) is 10.3. The maximum Gasteiger partial charge on any atom is 0.338 e. The Morgan fingerprint density at radius 2 is 1.74 bits per heavy atom. The number of carboxylic acids is 1. The molecular weight excluding hydrogens is 564 g/mol. The van der Waals surface area contributed by atoms with Crippen molar-refractivity contribution in [3.8, 4) is 0 Å². The van der Waals surface area contributed by atoms with E-state index in [-0.39, 0.29) is 21.0 Å². The zero-order chi connectivity index (χ0) is 25.0. The number of nitrogens with zero attached hydrogens (tertiary/aromatic N) is 1. The molecule has 1 heterocycles. The molecule has 13 heteroatoms. The molecule has 0 fully saturated rings. The molecule has 2 amide bonds. The molecule has 1 atom stereocenters. The summed E-state index contributed by atoms with van der Waals surface area (Å²) in [6.07, 6.45) is 2.15. The van der Waals surface area contributed by atoms with Gasteiger partial charge in [-0.1, -0.05) is 59.4 Å². The first-order chi connectivity index (χ1) is 16.1. The van der Waals surface area contributed by atoms with Gasteiger partial charge in [-0.3, -0.25) is 9.59 Å².